The van der Waals surface area contributed by atoms with Crippen LogP contribution in [0.3, 0.4) is 0 Å². The molecule has 0 bridgehead atoms. The number of amides is 2. The van der Waals surface area contributed by atoms with Gasteiger partial charge in [-0.05, 0) is 24.0 Å². The summed E-state index contributed by atoms with van der Waals surface area (Å²) in [6, 6.07) is 6.89. The highest BCUT2D eigenvalue weighted by atomic mass is 32.1. The second-order valence-corrected chi connectivity index (χ2v) is 9.90. The summed E-state index contributed by atoms with van der Waals surface area (Å²) < 4.78 is 5.87. The summed E-state index contributed by atoms with van der Waals surface area (Å²) in [6.07, 6.45) is 1.05. The number of thiazole rings is 1. The molecule has 2 aromatic rings. The van der Waals surface area contributed by atoms with E-state index in [0.29, 0.717) is 37.2 Å². The molecule has 30 heavy (non-hydrogen) atoms. The summed E-state index contributed by atoms with van der Waals surface area (Å²) in [5.74, 6) is -0.372. The Morgan fingerprint density at radius 1 is 1.13 bits per heavy atom. The van der Waals surface area contributed by atoms with Crippen LogP contribution >= 0.6 is 11.3 Å². The fourth-order valence-corrected chi connectivity index (χ4v) is 5.51. The number of nitrogens with zero attached hydrogens (tertiary/aromatic N) is 3. The summed E-state index contributed by atoms with van der Waals surface area (Å²) in [6.45, 7) is 6.08. The smallest absolute Gasteiger partial charge is 0.261 e. The van der Waals surface area contributed by atoms with Crippen molar-refractivity contribution in [2.45, 2.75) is 32.8 Å². The first-order chi connectivity index (χ1) is 14.3. The van der Waals surface area contributed by atoms with Crippen LogP contribution in [0, 0.1) is 5.41 Å². The van der Waals surface area contributed by atoms with Crippen molar-refractivity contribution in [2.75, 3.05) is 31.1 Å². The lowest BCUT2D eigenvalue weighted by atomic mass is 9.78. The van der Waals surface area contributed by atoms with Gasteiger partial charge in [-0.1, -0.05) is 37.3 Å². The molecule has 0 N–H and O–H groups in total. The number of imide groups is 1. The van der Waals surface area contributed by atoms with Crippen molar-refractivity contribution in [2.24, 2.45) is 5.41 Å². The van der Waals surface area contributed by atoms with E-state index in [0.717, 1.165) is 22.1 Å². The Bertz CT molecular complexity index is 1030. The SMILES string of the molecule is CC1(C)CC(=O)c2sc(N3CCOC(CN4C(=O)c5ccccc5C4=O)C3)nc2C1. The Kier molecular flexibility index (Phi) is 4.52. The number of ketones is 1. The number of Topliss-reactive ketones (excluding diaryl/α,β-unsaturated/α-hetero) is 1. The van der Waals surface area contributed by atoms with E-state index in [-0.39, 0.29) is 35.7 Å². The molecule has 1 unspecified atom stereocenters. The first kappa shape index (κ1) is 19.4. The van der Waals surface area contributed by atoms with Crippen LogP contribution in [0.25, 0.3) is 0 Å². The number of benzene rings is 1. The molecule has 3 heterocycles. The molecule has 0 saturated carbocycles. The van der Waals surface area contributed by atoms with Crippen molar-refractivity contribution < 1.29 is 19.1 Å². The maximum absolute atomic E-state index is 12.7. The van der Waals surface area contributed by atoms with Gasteiger partial charge in [-0.3, -0.25) is 19.3 Å². The molecular formula is C22H23N3O4S. The second-order valence-electron chi connectivity index (χ2n) is 8.92. The van der Waals surface area contributed by atoms with E-state index in [4.69, 9.17) is 9.72 Å². The highest BCUT2D eigenvalue weighted by molar-refractivity contribution is 7.17. The Morgan fingerprint density at radius 3 is 2.53 bits per heavy atom. The number of hydrogen-bond donors (Lipinski definition) is 0. The number of fused-ring (bicyclic) bond motifs is 2. The molecule has 1 atom stereocenters. The van der Waals surface area contributed by atoms with Gasteiger partial charge in [0.1, 0.15) is 0 Å². The molecule has 2 amide bonds. The minimum absolute atomic E-state index is 0.0611. The van der Waals surface area contributed by atoms with Crippen LogP contribution in [0.1, 0.15) is 56.3 Å². The predicted octanol–water partition coefficient (Wildman–Crippen LogP) is 2.80. The molecule has 0 radical (unpaired) electrons. The average molecular weight is 426 g/mol. The topological polar surface area (TPSA) is 79.8 Å². The molecule has 3 aliphatic rings. The van der Waals surface area contributed by atoms with E-state index >= 15 is 0 Å². The van der Waals surface area contributed by atoms with Crippen LogP contribution in [0.15, 0.2) is 24.3 Å². The number of carbonyl (C=O) groups excluding carboxylic acids is 3. The third-order valence-electron chi connectivity index (χ3n) is 5.90. The standard InChI is InChI=1S/C22H23N3O4S/c1-22(2)9-16-18(17(26)10-22)30-21(23-16)24-7-8-29-13(11-24)12-25-19(27)14-5-3-4-6-15(14)20(25)28/h3-6,13H,7-12H2,1-2H3. The van der Waals surface area contributed by atoms with Crippen LogP contribution in [0.5, 0.6) is 0 Å². The lowest BCUT2D eigenvalue weighted by molar-refractivity contribution is 0.0168. The normalized spacial score (nSPS) is 23.0. The van der Waals surface area contributed by atoms with E-state index in [9.17, 15) is 14.4 Å². The molecule has 8 heteroatoms. The number of aromatic nitrogens is 1. The molecule has 1 aliphatic carbocycles. The maximum atomic E-state index is 12.7. The number of morpholine rings is 1. The van der Waals surface area contributed by atoms with Crippen LogP contribution in [0.2, 0.25) is 0 Å². The number of hydrogen-bond acceptors (Lipinski definition) is 7. The molecule has 1 fully saturated rings. The lowest BCUT2D eigenvalue weighted by Gasteiger charge is -2.34. The van der Waals surface area contributed by atoms with Crippen LogP contribution in [-0.4, -0.2) is 59.8 Å². The molecule has 2 aliphatic heterocycles. The Hall–Kier alpha value is -2.58. The minimum Gasteiger partial charge on any atom is -0.373 e. The zero-order chi connectivity index (χ0) is 21.0. The Balaban J connectivity index is 1.32. The summed E-state index contributed by atoms with van der Waals surface area (Å²) in [7, 11) is 0. The fraction of sp³-hybridized carbons (Fsp3) is 0.455. The molecule has 1 aromatic heterocycles. The largest absolute Gasteiger partial charge is 0.373 e. The molecule has 1 aromatic carbocycles. The summed E-state index contributed by atoms with van der Waals surface area (Å²) >= 11 is 1.45. The second kappa shape index (κ2) is 6.99. The number of ether oxygens (including phenoxy) is 1. The highest BCUT2D eigenvalue weighted by Crippen LogP contribution is 2.39. The van der Waals surface area contributed by atoms with E-state index in [1.165, 1.54) is 16.2 Å². The van der Waals surface area contributed by atoms with Gasteiger partial charge < -0.3 is 9.64 Å². The first-order valence-corrected chi connectivity index (χ1v) is 11.0. The van der Waals surface area contributed by atoms with Gasteiger partial charge >= 0.3 is 0 Å². The van der Waals surface area contributed by atoms with Gasteiger partial charge in [-0.15, -0.1) is 0 Å². The lowest BCUT2D eigenvalue weighted by Crippen LogP contribution is -2.48. The van der Waals surface area contributed by atoms with Crippen molar-refractivity contribution in [3.8, 4) is 0 Å². The first-order valence-electron chi connectivity index (χ1n) is 10.2. The zero-order valence-corrected chi connectivity index (χ0v) is 17.8. The van der Waals surface area contributed by atoms with E-state index in [1.807, 2.05) is 0 Å². The van der Waals surface area contributed by atoms with E-state index in [2.05, 4.69) is 18.7 Å². The highest BCUT2D eigenvalue weighted by Gasteiger charge is 2.39. The van der Waals surface area contributed by atoms with Gasteiger partial charge in [0.15, 0.2) is 10.9 Å². The third-order valence-corrected chi connectivity index (χ3v) is 7.10. The van der Waals surface area contributed by atoms with Crippen LogP contribution < -0.4 is 4.90 Å². The van der Waals surface area contributed by atoms with Gasteiger partial charge in [0, 0.05) is 19.5 Å². The van der Waals surface area contributed by atoms with E-state index < -0.39 is 0 Å². The number of carbonyl (C=O) groups is 3. The van der Waals surface area contributed by atoms with Crippen LogP contribution in [0.4, 0.5) is 5.13 Å². The monoisotopic (exact) mass is 425 g/mol. The molecule has 156 valence electrons. The molecule has 1 saturated heterocycles. The molecule has 0 spiro atoms. The fourth-order valence-electron chi connectivity index (χ4n) is 4.46. The van der Waals surface area contributed by atoms with Gasteiger partial charge in [-0.25, -0.2) is 4.98 Å². The van der Waals surface area contributed by atoms with Crippen LogP contribution in [-0.2, 0) is 11.2 Å². The van der Waals surface area contributed by atoms with Gasteiger partial charge in [0.05, 0.1) is 41.0 Å². The summed E-state index contributed by atoms with van der Waals surface area (Å²) in [4.78, 5) is 46.7. The summed E-state index contributed by atoms with van der Waals surface area (Å²) in [5.41, 5.74) is 1.72. The van der Waals surface area contributed by atoms with Crippen molar-refractivity contribution in [3.05, 3.63) is 46.0 Å². The van der Waals surface area contributed by atoms with Crippen molar-refractivity contribution in [1.82, 2.24) is 9.88 Å². The van der Waals surface area contributed by atoms with Crippen molar-refractivity contribution in [1.29, 1.82) is 0 Å². The minimum atomic E-state index is -0.297. The van der Waals surface area contributed by atoms with Gasteiger partial charge in [0.25, 0.3) is 11.8 Å². The Labute approximate surface area is 178 Å². The Morgan fingerprint density at radius 2 is 1.83 bits per heavy atom. The van der Waals surface area contributed by atoms with E-state index in [1.54, 1.807) is 24.3 Å². The molecule has 7 nitrogen and oxygen atoms in total. The third kappa shape index (κ3) is 3.24. The van der Waals surface area contributed by atoms with Gasteiger partial charge in [0.2, 0.25) is 0 Å². The maximum Gasteiger partial charge on any atom is 0.261 e. The number of anilines is 1. The molecule has 5 rings (SSSR count). The molecular weight excluding hydrogens is 402 g/mol. The van der Waals surface area contributed by atoms with Crippen molar-refractivity contribution >= 4 is 34.1 Å². The van der Waals surface area contributed by atoms with Gasteiger partial charge in [-0.2, -0.15) is 0 Å². The quantitative estimate of drug-likeness (QED) is 0.704. The average Bonchev–Trinajstić information content (AvgIpc) is 3.23. The van der Waals surface area contributed by atoms with Crippen molar-refractivity contribution in [3.63, 3.8) is 0 Å². The predicted molar refractivity (Wildman–Crippen MR) is 112 cm³/mol. The summed E-state index contributed by atoms with van der Waals surface area (Å²) in [5, 5.41) is 0.821. The number of rotatable bonds is 3. The zero-order valence-electron chi connectivity index (χ0n) is 17.0.